The number of oxime groups is 1. The molecule has 0 bridgehead atoms. The van der Waals surface area contributed by atoms with Gasteiger partial charge in [0.25, 0.3) is 0 Å². The van der Waals surface area contributed by atoms with Crippen molar-refractivity contribution in [3.63, 3.8) is 0 Å². The molecule has 164 valence electrons. The molecular weight excluding hydrogens is 352 g/mol. The fourth-order valence-corrected chi connectivity index (χ4v) is 4.33. The van der Waals surface area contributed by atoms with Crippen LogP contribution in [0.5, 0.6) is 0 Å². The number of nitrogens with zero attached hydrogens (tertiary/aromatic N) is 4. The van der Waals surface area contributed by atoms with E-state index in [-0.39, 0.29) is 0 Å². The second-order valence-corrected chi connectivity index (χ2v) is 8.70. The van der Waals surface area contributed by atoms with E-state index >= 15 is 0 Å². The smallest absolute Gasteiger partial charge is 0.147 e. The summed E-state index contributed by atoms with van der Waals surface area (Å²) in [7, 11) is 11.2. The molecule has 28 heavy (non-hydrogen) atoms. The maximum atomic E-state index is 5.19. The van der Waals surface area contributed by atoms with Crippen molar-refractivity contribution in [2.45, 2.75) is 65.2 Å². The summed E-state index contributed by atoms with van der Waals surface area (Å²) in [6.07, 6.45) is 10.3. The first kappa shape index (κ1) is 24.7. The van der Waals surface area contributed by atoms with Crippen molar-refractivity contribution in [3.8, 4) is 0 Å². The third-order valence-electron chi connectivity index (χ3n) is 6.23. The maximum absolute atomic E-state index is 5.19. The minimum Gasteiger partial charge on any atom is -0.398 e. The Morgan fingerprint density at radius 2 is 1.18 bits per heavy atom. The van der Waals surface area contributed by atoms with E-state index < -0.39 is 0 Å². The molecule has 0 amide bonds. The van der Waals surface area contributed by atoms with Gasteiger partial charge in [0.2, 0.25) is 0 Å². The SMILES string of the molecule is CN=C(C1CCC(C)CC1)N(C)OC.CO/N=C(/C1CCC(C)CC1)N(C)C. The molecule has 0 radical (unpaired) electrons. The van der Waals surface area contributed by atoms with Crippen LogP contribution in [-0.4, -0.2) is 64.0 Å². The molecule has 0 N–H and O–H groups in total. The summed E-state index contributed by atoms with van der Waals surface area (Å²) >= 11 is 0. The van der Waals surface area contributed by atoms with Crippen LogP contribution in [0.2, 0.25) is 0 Å². The van der Waals surface area contributed by atoms with Gasteiger partial charge in [0.1, 0.15) is 18.8 Å². The molecule has 2 aliphatic carbocycles. The van der Waals surface area contributed by atoms with E-state index in [4.69, 9.17) is 9.68 Å². The molecule has 0 aromatic heterocycles. The van der Waals surface area contributed by atoms with E-state index in [0.29, 0.717) is 11.8 Å². The van der Waals surface area contributed by atoms with Gasteiger partial charge in [-0.05, 0) is 37.5 Å². The largest absolute Gasteiger partial charge is 0.398 e. The van der Waals surface area contributed by atoms with Crippen molar-refractivity contribution in [3.05, 3.63) is 0 Å². The Morgan fingerprint density at radius 3 is 1.50 bits per heavy atom. The normalized spacial score (nSPS) is 28.9. The number of aliphatic imine (C=N–C) groups is 1. The topological polar surface area (TPSA) is 49.7 Å². The summed E-state index contributed by atoms with van der Waals surface area (Å²) in [5.41, 5.74) is 0. The van der Waals surface area contributed by atoms with Gasteiger partial charge in [-0.25, -0.2) is 5.06 Å². The predicted molar refractivity (Wildman–Crippen MR) is 119 cm³/mol. The third kappa shape index (κ3) is 7.98. The van der Waals surface area contributed by atoms with Crippen LogP contribution in [0.15, 0.2) is 10.1 Å². The fourth-order valence-electron chi connectivity index (χ4n) is 4.33. The van der Waals surface area contributed by atoms with Crippen molar-refractivity contribution in [2.75, 3.05) is 42.4 Å². The molecule has 0 spiro atoms. The minimum atomic E-state index is 0.598. The molecule has 0 unspecified atom stereocenters. The summed E-state index contributed by atoms with van der Waals surface area (Å²) in [6, 6.07) is 0. The molecule has 6 heteroatoms. The lowest BCUT2D eigenvalue weighted by atomic mass is 9.82. The second kappa shape index (κ2) is 13.0. The summed E-state index contributed by atoms with van der Waals surface area (Å²) in [5.74, 6) is 5.16. The standard InChI is InChI=1S/2C11H22N2O/c1-9-5-7-10(8-6-9)11(12-14-4)13(2)3;1-9-5-7-10(8-6-9)11(12-2)13(3)14-4/h2*9-10H,5-8H2,1-4H3/b12-11-;. The van der Waals surface area contributed by atoms with Crippen molar-refractivity contribution in [2.24, 2.45) is 33.8 Å². The Balaban J connectivity index is 0.000000280. The molecule has 2 fully saturated rings. The Bertz CT molecular complexity index is 477. The molecule has 2 rings (SSSR count). The second-order valence-electron chi connectivity index (χ2n) is 8.70. The third-order valence-corrected chi connectivity index (χ3v) is 6.23. The highest BCUT2D eigenvalue weighted by Crippen LogP contribution is 2.30. The van der Waals surface area contributed by atoms with Gasteiger partial charge in [0.15, 0.2) is 0 Å². The zero-order chi connectivity index (χ0) is 21.1. The maximum Gasteiger partial charge on any atom is 0.147 e. The first-order valence-electron chi connectivity index (χ1n) is 10.9. The first-order valence-corrected chi connectivity index (χ1v) is 10.9. The predicted octanol–water partition coefficient (Wildman–Crippen LogP) is 4.67. The van der Waals surface area contributed by atoms with Gasteiger partial charge in [0, 0.05) is 40.0 Å². The molecule has 0 aromatic carbocycles. The highest BCUT2D eigenvalue weighted by atomic mass is 16.7. The molecule has 0 aliphatic heterocycles. The zero-order valence-corrected chi connectivity index (χ0v) is 19.6. The summed E-state index contributed by atoms with van der Waals surface area (Å²) in [5, 5.41) is 5.91. The Hall–Kier alpha value is -1.30. The number of amidine groups is 2. The first-order chi connectivity index (χ1) is 13.3. The van der Waals surface area contributed by atoms with Crippen molar-refractivity contribution in [1.82, 2.24) is 9.96 Å². The Kier molecular flexibility index (Phi) is 11.5. The van der Waals surface area contributed by atoms with Crippen LogP contribution in [0.1, 0.15) is 65.2 Å². The lowest BCUT2D eigenvalue weighted by molar-refractivity contribution is -0.0477. The van der Waals surface area contributed by atoms with Crippen LogP contribution in [0.25, 0.3) is 0 Å². The summed E-state index contributed by atoms with van der Waals surface area (Å²) in [6.45, 7) is 4.66. The van der Waals surface area contributed by atoms with Crippen LogP contribution < -0.4 is 0 Å². The fraction of sp³-hybridized carbons (Fsp3) is 0.909. The molecule has 0 heterocycles. The molecule has 2 saturated carbocycles. The quantitative estimate of drug-likeness (QED) is 0.394. The van der Waals surface area contributed by atoms with Crippen molar-refractivity contribution >= 4 is 11.7 Å². The number of hydroxylamine groups is 2. The van der Waals surface area contributed by atoms with Gasteiger partial charge in [-0.2, -0.15) is 0 Å². The summed E-state index contributed by atoms with van der Waals surface area (Å²) in [4.78, 5) is 16.5. The molecule has 0 atom stereocenters. The van der Waals surface area contributed by atoms with Crippen LogP contribution in [0.3, 0.4) is 0 Å². The average Bonchev–Trinajstić information content (AvgIpc) is 2.69. The van der Waals surface area contributed by atoms with Crippen LogP contribution in [0, 0.1) is 23.7 Å². The number of rotatable bonds is 4. The van der Waals surface area contributed by atoms with E-state index in [0.717, 1.165) is 23.5 Å². The Morgan fingerprint density at radius 1 is 0.750 bits per heavy atom. The average molecular weight is 397 g/mol. The zero-order valence-electron chi connectivity index (χ0n) is 19.6. The highest BCUT2D eigenvalue weighted by Gasteiger charge is 2.25. The van der Waals surface area contributed by atoms with E-state index in [2.05, 4.69) is 28.9 Å². The van der Waals surface area contributed by atoms with Gasteiger partial charge in [-0.15, -0.1) is 0 Å². The monoisotopic (exact) mass is 396 g/mol. The van der Waals surface area contributed by atoms with Gasteiger partial charge in [-0.3, -0.25) is 9.83 Å². The van der Waals surface area contributed by atoms with Crippen LogP contribution in [-0.2, 0) is 9.68 Å². The summed E-state index contributed by atoms with van der Waals surface area (Å²) < 4.78 is 0. The molecule has 0 aromatic rings. The van der Waals surface area contributed by atoms with Crippen LogP contribution in [0.4, 0.5) is 0 Å². The minimum absolute atomic E-state index is 0.598. The lowest BCUT2D eigenvalue weighted by Gasteiger charge is -2.30. The highest BCUT2D eigenvalue weighted by molar-refractivity contribution is 5.84. The van der Waals surface area contributed by atoms with Gasteiger partial charge in [0.05, 0.1) is 7.11 Å². The van der Waals surface area contributed by atoms with Gasteiger partial charge < -0.3 is 9.74 Å². The van der Waals surface area contributed by atoms with Crippen LogP contribution >= 0.6 is 0 Å². The van der Waals surface area contributed by atoms with Crippen molar-refractivity contribution < 1.29 is 9.68 Å². The number of hydrogen-bond donors (Lipinski definition) is 0. The van der Waals surface area contributed by atoms with Crippen molar-refractivity contribution in [1.29, 1.82) is 0 Å². The Labute approximate surface area is 173 Å². The molecule has 6 nitrogen and oxygen atoms in total. The molecule has 0 saturated heterocycles. The van der Waals surface area contributed by atoms with E-state index in [1.54, 1.807) is 19.3 Å². The van der Waals surface area contributed by atoms with Gasteiger partial charge in [-0.1, -0.05) is 44.7 Å². The van der Waals surface area contributed by atoms with E-state index in [9.17, 15) is 0 Å². The van der Waals surface area contributed by atoms with Gasteiger partial charge >= 0.3 is 0 Å². The number of hydrogen-bond acceptors (Lipinski definition) is 4. The molecule has 2 aliphatic rings. The van der Waals surface area contributed by atoms with E-state index in [1.807, 2.05) is 28.2 Å². The molecular formula is C22H44N4O2. The van der Waals surface area contributed by atoms with E-state index in [1.165, 1.54) is 51.4 Å². The lowest BCUT2D eigenvalue weighted by Crippen LogP contribution is -2.34.